The standard InChI is InChI=1S/C21H19F3N2S/c1-14-13-25-11-10-18(14)17-7-5-6-16(12-17)15(2)26-27-20-9-4-3-8-19(20)21(22,23)24/h3-13,15,26H,1-2H3. The van der Waals surface area contributed by atoms with Crippen LogP contribution in [0.5, 0.6) is 0 Å². The second kappa shape index (κ2) is 8.15. The Morgan fingerprint density at radius 1 is 1.04 bits per heavy atom. The van der Waals surface area contributed by atoms with E-state index in [4.69, 9.17) is 0 Å². The Balaban J connectivity index is 1.78. The van der Waals surface area contributed by atoms with Crippen molar-refractivity contribution in [1.29, 1.82) is 0 Å². The minimum atomic E-state index is -4.37. The molecule has 0 spiro atoms. The number of benzene rings is 2. The summed E-state index contributed by atoms with van der Waals surface area (Å²) in [5, 5.41) is 0. The number of hydrogen-bond acceptors (Lipinski definition) is 3. The van der Waals surface area contributed by atoms with Gasteiger partial charge in [-0.15, -0.1) is 0 Å². The molecule has 1 N–H and O–H groups in total. The molecule has 6 heteroatoms. The molecule has 0 aliphatic carbocycles. The molecule has 27 heavy (non-hydrogen) atoms. The molecule has 0 fully saturated rings. The zero-order valence-corrected chi connectivity index (χ0v) is 15.7. The molecule has 0 saturated heterocycles. The number of rotatable bonds is 5. The van der Waals surface area contributed by atoms with Crippen LogP contribution in [0.2, 0.25) is 0 Å². The first-order chi connectivity index (χ1) is 12.9. The molecule has 1 atom stereocenters. The summed E-state index contributed by atoms with van der Waals surface area (Å²) < 4.78 is 42.5. The van der Waals surface area contributed by atoms with Gasteiger partial charge in [-0.1, -0.05) is 30.3 Å². The summed E-state index contributed by atoms with van der Waals surface area (Å²) in [7, 11) is 0. The minimum absolute atomic E-state index is 0.126. The summed E-state index contributed by atoms with van der Waals surface area (Å²) in [5.74, 6) is 0. The molecule has 2 nitrogen and oxygen atoms in total. The van der Waals surface area contributed by atoms with E-state index in [0.717, 1.165) is 40.3 Å². The predicted molar refractivity (Wildman–Crippen MR) is 103 cm³/mol. The quantitative estimate of drug-likeness (QED) is 0.510. The highest BCUT2D eigenvalue weighted by Gasteiger charge is 2.33. The van der Waals surface area contributed by atoms with Crippen LogP contribution >= 0.6 is 11.9 Å². The van der Waals surface area contributed by atoms with E-state index in [1.54, 1.807) is 12.3 Å². The Kier molecular flexibility index (Phi) is 5.87. The monoisotopic (exact) mass is 388 g/mol. The second-order valence-electron chi connectivity index (χ2n) is 6.25. The molecular weight excluding hydrogens is 369 g/mol. The average Bonchev–Trinajstić information content (AvgIpc) is 2.66. The van der Waals surface area contributed by atoms with Crippen LogP contribution in [0.4, 0.5) is 13.2 Å². The summed E-state index contributed by atoms with van der Waals surface area (Å²) in [6, 6.07) is 15.4. The summed E-state index contributed by atoms with van der Waals surface area (Å²) in [5.41, 5.74) is 3.59. The Labute approximate surface area is 161 Å². The largest absolute Gasteiger partial charge is 0.417 e. The van der Waals surface area contributed by atoms with Crippen LogP contribution in [0.1, 0.15) is 29.7 Å². The van der Waals surface area contributed by atoms with E-state index >= 15 is 0 Å². The maximum Gasteiger partial charge on any atom is 0.417 e. The lowest BCUT2D eigenvalue weighted by Gasteiger charge is -2.17. The first-order valence-electron chi connectivity index (χ1n) is 8.46. The summed E-state index contributed by atoms with van der Waals surface area (Å²) >= 11 is 1.00. The lowest BCUT2D eigenvalue weighted by Crippen LogP contribution is -2.13. The second-order valence-corrected chi connectivity index (χ2v) is 7.13. The maximum atomic E-state index is 13.1. The van der Waals surface area contributed by atoms with Crippen molar-refractivity contribution >= 4 is 11.9 Å². The van der Waals surface area contributed by atoms with Crippen molar-refractivity contribution in [2.45, 2.75) is 31.0 Å². The topological polar surface area (TPSA) is 24.9 Å². The Morgan fingerprint density at radius 2 is 1.81 bits per heavy atom. The molecule has 1 heterocycles. The van der Waals surface area contributed by atoms with Gasteiger partial charge in [-0.25, -0.2) is 0 Å². The van der Waals surface area contributed by atoms with Crippen LogP contribution in [0.15, 0.2) is 71.9 Å². The van der Waals surface area contributed by atoms with Crippen molar-refractivity contribution in [2.24, 2.45) is 0 Å². The highest BCUT2D eigenvalue weighted by Crippen LogP contribution is 2.36. The van der Waals surface area contributed by atoms with Crippen LogP contribution in [0.25, 0.3) is 11.1 Å². The van der Waals surface area contributed by atoms with E-state index < -0.39 is 11.7 Å². The molecule has 140 valence electrons. The number of alkyl halides is 3. The van der Waals surface area contributed by atoms with E-state index in [9.17, 15) is 13.2 Å². The molecule has 0 amide bonds. The summed E-state index contributed by atoms with van der Waals surface area (Å²) in [6.07, 6.45) is -0.804. The van der Waals surface area contributed by atoms with Gasteiger partial charge in [0.25, 0.3) is 0 Å². The van der Waals surface area contributed by atoms with E-state index in [1.807, 2.05) is 44.3 Å². The van der Waals surface area contributed by atoms with Crippen molar-refractivity contribution in [2.75, 3.05) is 0 Å². The fourth-order valence-corrected chi connectivity index (χ4v) is 3.66. The number of hydrogen-bond donors (Lipinski definition) is 1. The molecule has 0 aliphatic rings. The zero-order chi connectivity index (χ0) is 19.4. The van der Waals surface area contributed by atoms with Gasteiger partial charge in [0, 0.05) is 23.3 Å². The highest BCUT2D eigenvalue weighted by molar-refractivity contribution is 7.97. The molecule has 0 radical (unpaired) electrons. The number of aryl methyl sites for hydroxylation is 1. The van der Waals surface area contributed by atoms with Gasteiger partial charge in [-0.3, -0.25) is 9.71 Å². The summed E-state index contributed by atoms with van der Waals surface area (Å²) in [6.45, 7) is 3.93. The van der Waals surface area contributed by atoms with Gasteiger partial charge in [-0.05, 0) is 72.3 Å². The Bertz CT molecular complexity index is 925. The first kappa shape index (κ1) is 19.5. The first-order valence-corrected chi connectivity index (χ1v) is 9.27. The van der Waals surface area contributed by atoms with Gasteiger partial charge in [-0.2, -0.15) is 13.2 Å². The predicted octanol–water partition coefficient (Wildman–Crippen LogP) is 6.43. The number of halogens is 3. The molecule has 3 aromatic rings. The van der Waals surface area contributed by atoms with Crippen LogP contribution < -0.4 is 4.72 Å². The van der Waals surface area contributed by atoms with E-state index in [-0.39, 0.29) is 10.9 Å². The van der Waals surface area contributed by atoms with E-state index in [0.29, 0.717) is 0 Å². The third kappa shape index (κ3) is 4.70. The van der Waals surface area contributed by atoms with Crippen LogP contribution in [-0.4, -0.2) is 4.98 Å². The van der Waals surface area contributed by atoms with Crippen LogP contribution in [0, 0.1) is 6.92 Å². The van der Waals surface area contributed by atoms with Crippen molar-refractivity contribution < 1.29 is 13.2 Å². The van der Waals surface area contributed by atoms with Crippen LogP contribution in [0.3, 0.4) is 0 Å². The smallest absolute Gasteiger partial charge is 0.264 e. The van der Waals surface area contributed by atoms with Crippen molar-refractivity contribution in [3.05, 3.63) is 83.7 Å². The van der Waals surface area contributed by atoms with Gasteiger partial charge in [0.15, 0.2) is 0 Å². The molecule has 0 saturated carbocycles. The SMILES string of the molecule is Cc1cnccc1-c1cccc(C(C)NSc2ccccc2C(F)(F)F)c1. The van der Waals surface area contributed by atoms with Gasteiger partial charge in [0.05, 0.1) is 5.56 Å². The maximum absolute atomic E-state index is 13.1. The van der Waals surface area contributed by atoms with E-state index in [1.165, 1.54) is 12.1 Å². The molecule has 2 aromatic carbocycles. The lowest BCUT2D eigenvalue weighted by molar-refractivity contribution is -0.139. The van der Waals surface area contributed by atoms with Gasteiger partial charge in [0.2, 0.25) is 0 Å². The minimum Gasteiger partial charge on any atom is -0.264 e. The molecule has 0 bridgehead atoms. The fourth-order valence-electron chi connectivity index (χ4n) is 2.78. The number of aromatic nitrogens is 1. The van der Waals surface area contributed by atoms with Gasteiger partial charge < -0.3 is 0 Å². The third-order valence-electron chi connectivity index (χ3n) is 4.26. The molecule has 1 unspecified atom stereocenters. The van der Waals surface area contributed by atoms with Crippen molar-refractivity contribution in [3.8, 4) is 11.1 Å². The molecule has 0 aliphatic heterocycles. The zero-order valence-electron chi connectivity index (χ0n) is 14.9. The number of nitrogens with zero attached hydrogens (tertiary/aromatic N) is 1. The summed E-state index contributed by atoms with van der Waals surface area (Å²) in [4.78, 5) is 4.28. The normalized spacial score (nSPS) is 12.8. The number of pyridine rings is 1. The Hall–Kier alpha value is -2.31. The van der Waals surface area contributed by atoms with E-state index in [2.05, 4.69) is 15.8 Å². The lowest BCUT2D eigenvalue weighted by atomic mass is 9.99. The third-order valence-corrected chi connectivity index (χ3v) is 5.30. The highest BCUT2D eigenvalue weighted by atomic mass is 32.2. The molecule has 1 aromatic heterocycles. The Morgan fingerprint density at radius 3 is 2.56 bits per heavy atom. The average molecular weight is 388 g/mol. The number of nitrogens with one attached hydrogen (secondary N) is 1. The van der Waals surface area contributed by atoms with Crippen LogP contribution in [-0.2, 0) is 6.18 Å². The van der Waals surface area contributed by atoms with Crippen molar-refractivity contribution in [1.82, 2.24) is 9.71 Å². The fraction of sp³-hybridized carbons (Fsp3) is 0.190. The molecular formula is C21H19F3N2S. The van der Waals surface area contributed by atoms with Gasteiger partial charge >= 0.3 is 6.18 Å². The van der Waals surface area contributed by atoms with Gasteiger partial charge in [0.1, 0.15) is 0 Å². The molecule has 3 rings (SSSR count). The van der Waals surface area contributed by atoms with Crippen molar-refractivity contribution in [3.63, 3.8) is 0 Å².